The third-order valence-corrected chi connectivity index (χ3v) is 7.32. The van der Waals surface area contributed by atoms with Crippen LogP contribution in [0.1, 0.15) is 45.7 Å². The molecule has 1 N–H and O–H groups in total. The molecule has 0 saturated carbocycles. The first-order chi connectivity index (χ1) is 16.7. The van der Waals surface area contributed by atoms with Gasteiger partial charge in [-0.2, -0.15) is 0 Å². The fourth-order valence-corrected chi connectivity index (χ4v) is 5.46. The molecular weight excluding hydrogens is 539 g/mol. The average molecular weight is 562 g/mol. The van der Waals surface area contributed by atoms with Gasteiger partial charge < -0.3 is 10.1 Å². The van der Waals surface area contributed by atoms with Gasteiger partial charge >= 0.3 is 6.09 Å². The summed E-state index contributed by atoms with van der Waals surface area (Å²) in [5.74, 6) is -3.06. The zero-order valence-corrected chi connectivity index (χ0v) is 22.1. The smallest absolute Gasteiger partial charge is 0.430 e. The van der Waals surface area contributed by atoms with Crippen molar-refractivity contribution in [2.24, 2.45) is 0 Å². The third kappa shape index (κ3) is 6.29. The number of hydrogen-bond acceptors (Lipinski definition) is 7. The molecule has 0 spiro atoms. The van der Waals surface area contributed by atoms with E-state index in [-0.39, 0.29) is 26.4 Å². The van der Waals surface area contributed by atoms with Gasteiger partial charge in [0.05, 0.1) is 22.3 Å². The van der Waals surface area contributed by atoms with E-state index in [4.69, 9.17) is 16.3 Å². The van der Waals surface area contributed by atoms with Gasteiger partial charge in [0.25, 0.3) is 10.0 Å². The maximum Gasteiger partial charge on any atom is 0.430 e. The van der Waals surface area contributed by atoms with Gasteiger partial charge in [0.2, 0.25) is 0 Å². The second kappa shape index (κ2) is 10.7. The largest absolute Gasteiger partial charge is 0.443 e. The van der Waals surface area contributed by atoms with Crippen LogP contribution in [0.25, 0.3) is 0 Å². The number of anilines is 2. The van der Waals surface area contributed by atoms with Gasteiger partial charge in [0.15, 0.2) is 5.82 Å². The Hall–Kier alpha value is -2.83. The summed E-state index contributed by atoms with van der Waals surface area (Å²) in [4.78, 5) is 15.8. The number of carbonyl (C=O) groups excluding carboxylic acids is 1. The number of ether oxygens (including phenoxy) is 1. The first-order valence-corrected chi connectivity index (χ1v) is 13.4. The van der Waals surface area contributed by atoms with E-state index in [1.165, 1.54) is 10.9 Å². The second-order valence-electron chi connectivity index (χ2n) is 8.67. The number of nitrogens with one attached hydrogen (secondary N) is 1. The summed E-state index contributed by atoms with van der Waals surface area (Å²) in [5, 5.41) is 3.97. The van der Waals surface area contributed by atoms with E-state index in [1.807, 2.05) is 0 Å². The molecule has 194 valence electrons. The van der Waals surface area contributed by atoms with E-state index in [0.29, 0.717) is 6.42 Å². The number of thiazole rings is 1. The molecule has 13 heteroatoms. The van der Waals surface area contributed by atoms with Crippen molar-refractivity contribution < 1.29 is 31.1 Å². The van der Waals surface area contributed by atoms with Crippen LogP contribution in [-0.2, 0) is 14.8 Å². The minimum atomic E-state index is -4.85. The van der Waals surface area contributed by atoms with E-state index < -0.39 is 50.1 Å². The highest BCUT2D eigenvalue weighted by atomic mass is 35.5. The standard InChI is InChI=1S/C23H23ClF3N3O4S2/c1-5-18(13-6-14(25)8-15(26)7-13)29-19-10-17(27)20(9-16(19)24)36(32,33)30(21-11-35-12-28-21)22(31)34-23(2,3)4/h6-12,18,29H,5H2,1-4H3/t18-/m0/s1. The van der Waals surface area contributed by atoms with Crippen molar-refractivity contribution in [3.8, 4) is 0 Å². The van der Waals surface area contributed by atoms with Crippen molar-refractivity contribution in [2.45, 2.75) is 50.7 Å². The number of benzene rings is 2. The van der Waals surface area contributed by atoms with Crippen LogP contribution >= 0.6 is 22.9 Å². The minimum Gasteiger partial charge on any atom is -0.443 e. The van der Waals surface area contributed by atoms with E-state index in [1.54, 1.807) is 27.7 Å². The molecule has 1 heterocycles. The lowest BCUT2D eigenvalue weighted by Gasteiger charge is -2.26. The number of halogens is 4. The molecule has 1 amide bonds. The second-order valence-corrected chi connectivity index (χ2v) is 11.5. The summed E-state index contributed by atoms with van der Waals surface area (Å²) >= 11 is 7.31. The summed E-state index contributed by atoms with van der Waals surface area (Å²) in [6.07, 6.45) is -0.928. The number of nitrogens with zero attached hydrogens (tertiary/aromatic N) is 2. The van der Waals surface area contributed by atoms with Crippen molar-refractivity contribution in [1.29, 1.82) is 0 Å². The highest BCUT2D eigenvalue weighted by molar-refractivity contribution is 7.93. The Bertz CT molecular complexity index is 1340. The van der Waals surface area contributed by atoms with Crippen LogP contribution in [0.15, 0.2) is 46.1 Å². The van der Waals surface area contributed by atoms with Crippen molar-refractivity contribution in [2.75, 3.05) is 9.62 Å². The number of hydrogen-bond donors (Lipinski definition) is 1. The molecule has 0 radical (unpaired) electrons. The Kier molecular flexibility index (Phi) is 8.21. The highest BCUT2D eigenvalue weighted by Crippen LogP contribution is 2.35. The molecule has 1 atom stereocenters. The molecule has 0 aliphatic carbocycles. The maximum atomic E-state index is 15.2. The molecular formula is C23H23ClF3N3O4S2. The van der Waals surface area contributed by atoms with E-state index in [0.717, 1.165) is 41.7 Å². The summed E-state index contributed by atoms with van der Waals surface area (Å²) in [6, 6.07) is 3.99. The van der Waals surface area contributed by atoms with Crippen molar-refractivity contribution in [1.82, 2.24) is 4.98 Å². The third-order valence-electron chi connectivity index (χ3n) is 4.75. The van der Waals surface area contributed by atoms with Crippen LogP contribution in [0.2, 0.25) is 5.02 Å². The van der Waals surface area contributed by atoms with Crippen LogP contribution in [0.4, 0.5) is 29.5 Å². The van der Waals surface area contributed by atoms with E-state index in [9.17, 15) is 22.0 Å². The SMILES string of the molecule is CC[C@H](Nc1cc(F)c(S(=O)(=O)N(C(=O)OC(C)(C)C)c2cscn2)cc1Cl)c1cc(F)cc(F)c1. The molecule has 2 aromatic carbocycles. The van der Waals surface area contributed by atoms with Gasteiger partial charge in [-0.1, -0.05) is 18.5 Å². The number of sulfonamides is 1. The van der Waals surface area contributed by atoms with Gasteiger partial charge in [-0.25, -0.2) is 31.4 Å². The maximum absolute atomic E-state index is 15.2. The van der Waals surface area contributed by atoms with E-state index in [2.05, 4.69) is 10.3 Å². The van der Waals surface area contributed by atoms with Crippen LogP contribution in [0.5, 0.6) is 0 Å². The molecule has 0 bridgehead atoms. The molecule has 0 unspecified atom stereocenters. The Morgan fingerprint density at radius 3 is 2.33 bits per heavy atom. The molecule has 0 fully saturated rings. The Morgan fingerprint density at radius 1 is 1.17 bits per heavy atom. The van der Waals surface area contributed by atoms with Crippen molar-refractivity contribution in [3.05, 3.63) is 69.3 Å². The molecule has 3 aromatic rings. The summed E-state index contributed by atoms with van der Waals surface area (Å²) in [6.45, 7) is 6.37. The topological polar surface area (TPSA) is 88.6 Å². The molecule has 0 saturated heterocycles. The van der Waals surface area contributed by atoms with Gasteiger partial charge in [-0.15, -0.1) is 15.6 Å². The average Bonchev–Trinajstić information content (AvgIpc) is 3.25. The monoisotopic (exact) mass is 561 g/mol. The lowest BCUT2D eigenvalue weighted by atomic mass is 10.0. The van der Waals surface area contributed by atoms with Gasteiger partial charge in [-0.3, -0.25) is 0 Å². The van der Waals surface area contributed by atoms with E-state index >= 15 is 4.39 Å². The number of rotatable bonds is 7. The Labute approximate surface area is 215 Å². The minimum absolute atomic E-state index is 0.0119. The molecule has 7 nitrogen and oxygen atoms in total. The lowest BCUT2D eigenvalue weighted by molar-refractivity contribution is 0.0608. The molecule has 0 aliphatic rings. The summed E-state index contributed by atoms with van der Waals surface area (Å²) < 4.78 is 74.9. The van der Waals surface area contributed by atoms with Gasteiger partial charge in [0.1, 0.15) is 27.9 Å². The predicted molar refractivity (Wildman–Crippen MR) is 132 cm³/mol. The van der Waals surface area contributed by atoms with Gasteiger partial charge in [-0.05, 0) is 57.0 Å². The molecule has 3 rings (SSSR count). The molecule has 36 heavy (non-hydrogen) atoms. The molecule has 0 aliphatic heterocycles. The Balaban J connectivity index is 2.01. The highest BCUT2D eigenvalue weighted by Gasteiger charge is 2.38. The van der Waals surface area contributed by atoms with Crippen LogP contribution in [0, 0.1) is 17.5 Å². The number of aromatic nitrogens is 1. The summed E-state index contributed by atoms with van der Waals surface area (Å²) in [7, 11) is -4.85. The van der Waals surface area contributed by atoms with Crippen LogP contribution in [0.3, 0.4) is 0 Å². The zero-order valence-electron chi connectivity index (χ0n) is 19.7. The summed E-state index contributed by atoms with van der Waals surface area (Å²) in [5.41, 5.74) is 0.500. The first-order valence-electron chi connectivity index (χ1n) is 10.6. The van der Waals surface area contributed by atoms with Crippen molar-refractivity contribution >= 4 is 50.6 Å². The quantitative estimate of drug-likeness (QED) is 0.337. The fraction of sp³-hybridized carbons (Fsp3) is 0.304. The predicted octanol–water partition coefficient (Wildman–Crippen LogP) is 6.91. The lowest BCUT2D eigenvalue weighted by Crippen LogP contribution is -2.41. The van der Waals surface area contributed by atoms with Crippen LogP contribution < -0.4 is 9.62 Å². The van der Waals surface area contributed by atoms with Gasteiger partial charge in [0, 0.05) is 11.4 Å². The van der Waals surface area contributed by atoms with Crippen molar-refractivity contribution in [3.63, 3.8) is 0 Å². The Morgan fingerprint density at radius 2 is 1.81 bits per heavy atom. The zero-order chi connectivity index (χ0) is 26.8. The fourth-order valence-electron chi connectivity index (χ4n) is 3.25. The normalized spacial score (nSPS) is 12.8. The first kappa shape index (κ1) is 27.8. The number of amides is 1. The van der Waals surface area contributed by atoms with Crippen LogP contribution in [-0.4, -0.2) is 25.1 Å². The molecule has 1 aromatic heterocycles. The number of carbonyl (C=O) groups is 1.